The average Bonchev–Trinajstić information content (AvgIpc) is 2.69. The van der Waals surface area contributed by atoms with Crippen molar-refractivity contribution in [2.75, 3.05) is 37.2 Å². The minimum Gasteiger partial charge on any atom is -0.370 e. The molecule has 0 spiro atoms. The Hall–Kier alpha value is -1.84. The Morgan fingerprint density at radius 1 is 1.16 bits per heavy atom. The van der Waals surface area contributed by atoms with Gasteiger partial charge in [0.15, 0.2) is 0 Å². The van der Waals surface area contributed by atoms with Crippen LogP contribution in [0.1, 0.15) is 11.1 Å². The molecule has 2 aromatic rings. The highest BCUT2D eigenvalue weighted by Gasteiger charge is 2.34. The molecule has 3 N–H and O–H groups in total. The van der Waals surface area contributed by atoms with E-state index in [-0.39, 0.29) is 12.3 Å². The predicted molar refractivity (Wildman–Crippen MR) is 123 cm³/mol. The Balaban J connectivity index is 1.64. The van der Waals surface area contributed by atoms with Gasteiger partial charge in [-0.15, -0.1) is 0 Å². The van der Waals surface area contributed by atoms with Gasteiger partial charge in [-0.2, -0.15) is 0 Å². The molecule has 1 atom stereocenters. The normalized spacial score (nSPS) is 19.1. The summed E-state index contributed by atoms with van der Waals surface area (Å²) >= 11 is 12.2. The van der Waals surface area contributed by atoms with Gasteiger partial charge < -0.3 is 15.4 Å². The molecule has 0 saturated carbocycles. The lowest BCUT2D eigenvalue weighted by Crippen LogP contribution is -2.57. The Bertz CT molecular complexity index is 1040. The molecule has 3 rings (SSSR count). The summed E-state index contributed by atoms with van der Waals surface area (Å²) in [6.45, 7) is 2.19. The van der Waals surface area contributed by atoms with Crippen molar-refractivity contribution in [3.8, 4) is 0 Å². The maximum absolute atomic E-state index is 12.6. The summed E-state index contributed by atoms with van der Waals surface area (Å²) in [5, 5.41) is 7.24. The highest BCUT2D eigenvalue weighted by Crippen LogP contribution is 2.26. The van der Waals surface area contributed by atoms with Crippen LogP contribution in [0, 0.1) is 0 Å². The van der Waals surface area contributed by atoms with E-state index in [1.807, 2.05) is 12.1 Å². The number of amides is 1. The first-order valence-corrected chi connectivity index (χ1v) is 12.4. The van der Waals surface area contributed by atoms with Crippen LogP contribution in [0.5, 0.6) is 0 Å². The number of sulfonamides is 1. The maximum atomic E-state index is 12.6. The molecule has 2 aromatic carbocycles. The maximum Gasteiger partial charge on any atom is 0.229 e. The molecule has 1 unspecified atom stereocenters. The molecule has 0 aliphatic carbocycles. The Morgan fingerprint density at radius 3 is 2.65 bits per heavy atom. The topological polar surface area (TPSA) is 96.5 Å². The lowest BCUT2D eigenvalue weighted by atomic mass is 9.92. The molecule has 7 nitrogen and oxygen atoms in total. The summed E-state index contributed by atoms with van der Waals surface area (Å²) in [5.74, 6) is -0.181. The standard InChI is InChI=1S/C21H25Cl2N3O4S/c1-31(28,29)26-17-4-2-3-15(9-17)11-20(27)25-14-21(13-24-7-8-30-21)12-16-5-6-18(22)19(23)10-16/h2-6,9-10,24,26H,7-8,11-14H2,1H3,(H,25,27). The van der Waals surface area contributed by atoms with E-state index in [4.69, 9.17) is 27.9 Å². The molecule has 1 fully saturated rings. The van der Waals surface area contributed by atoms with Crippen molar-refractivity contribution in [2.24, 2.45) is 0 Å². The molecule has 168 valence electrons. The summed E-state index contributed by atoms with van der Waals surface area (Å²) < 4.78 is 31.3. The van der Waals surface area contributed by atoms with Crippen LogP contribution in [0.15, 0.2) is 42.5 Å². The summed E-state index contributed by atoms with van der Waals surface area (Å²) in [6.07, 6.45) is 1.76. The first-order chi connectivity index (χ1) is 14.6. The van der Waals surface area contributed by atoms with Crippen LogP contribution in [-0.2, 0) is 32.4 Å². The van der Waals surface area contributed by atoms with E-state index >= 15 is 0 Å². The molecule has 0 radical (unpaired) electrons. The summed E-state index contributed by atoms with van der Waals surface area (Å²) in [5.41, 5.74) is 1.48. The van der Waals surface area contributed by atoms with Crippen molar-refractivity contribution in [3.05, 3.63) is 63.6 Å². The van der Waals surface area contributed by atoms with Crippen molar-refractivity contribution >= 4 is 44.8 Å². The Morgan fingerprint density at radius 2 is 1.97 bits per heavy atom. The zero-order valence-electron chi connectivity index (χ0n) is 17.1. The summed E-state index contributed by atoms with van der Waals surface area (Å²) in [6, 6.07) is 12.2. The molecular formula is C21H25Cl2N3O4S. The van der Waals surface area contributed by atoms with E-state index < -0.39 is 15.6 Å². The number of nitrogens with one attached hydrogen (secondary N) is 3. The third-order valence-corrected chi connectivity index (χ3v) is 6.19. The first kappa shape index (κ1) is 23.8. The molecule has 1 aliphatic heterocycles. The average molecular weight is 486 g/mol. The second kappa shape index (κ2) is 10.2. The molecule has 1 aliphatic rings. The van der Waals surface area contributed by atoms with Gasteiger partial charge in [0, 0.05) is 31.7 Å². The van der Waals surface area contributed by atoms with Crippen molar-refractivity contribution in [3.63, 3.8) is 0 Å². The SMILES string of the molecule is CS(=O)(=O)Nc1cccc(CC(=O)NCC2(Cc3ccc(Cl)c(Cl)c3)CNCCO2)c1. The molecular weight excluding hydrogens is 461 g/mol. The lowest BCUT2D eigenvalue weighted by molar-refractivity contribution is -0.123. The van der Waals surface area contributed by atoms with Crippen molar-refractivity contribution in [1.82, 2.24) is 10.6 Å². The number of carbonyl (C=O) groups excluding carboxylic acids is 1. The molecule has 0 aromatic heterocycles. The fourth-order valence-electron chi connectivity index (χ4n) is 3.48. The molecule has 31 heavy (non-hydrogen) atoms. The number of hydrogen-bond donors (Lipinski definition) is 3. The monoisotopic (exact) mass is 485 g/mol. The fourth-order valence-corrected chi connectivity index (χ4v) is 4.36. The largest absolute Gasteiger partial charge is 0.370 e. The molecule has 1 saturated heterocycles. The van der Waals surface area contributed by atoms with Gasteiger partial charge in [-0.3, -0.25) is 9.52 Å². The van der Waals surface area contributed by atoms with Gasteiger partial charge in [0.2, 0.25) is 15.9 Å². The summed E-state index contributed by atoms with van der Waals surface area (Å²) in [7, 11) is -3.38. The zero-order chi connectivity index (χ0) is 22.5. The second-order valence-corrected chi connectivity index (χ2v) is 10.2. The van der Waals surface area contributed by atoms with E-state index in [0.717, 1.165) is 18.4 Å². The van der Waals surface area contributed by atoms with Crippen molar-refractivity contribution in [1.29, 1.82) is 0 Å². The van der Waals surface area contributed by atoms with Crippen LogP contribution >= 0.6 is 23.2 Å². The van der Waals surface area contributed by atoms with Crippen molar-refractivity contribution in [2.45, 2.75) is 18.4 Å². The highest BCUT2D eigenvalue weighted by atomic mass is 35.5. The third kappa shape index (κ3) is 7.36. The van der Waals surface area contributed by atoms with Gasteiger partial charge in [-0.25, -0.2) is 8.42 Å². The number of benzene rings is 2. The molecule has 1 amide bonds. The van der Waals surface area contributed by atoms with Crippen LogP contribution < -0.4 is 15.4 Å². The van der Waals surface area contributed by atoms with Crippen LogP contribution in [-0.4, -0.2) is 52.4 Å². The van der Waals surface area contributed by atoms with Crippen LogP contribution in [0.2, 0.25) is 10.0 Å². The third-order valence-electron chi connectivity index (χ3n) is 4.85. The highest BCUT2D eigenvalue weighted by molar-refractivity contribution is 7.92. The lowest BCUT2D eigenvalue weighted by Gasteiger charge is -2.38. The minimum atomic E-state index is -3.38. The van der Waals surface area contributed by atoms with E-state index in [1.165, 1.54) is 0 Å². The number of ether oxygens (including phenoxy) is 1. The van der Waals surface area contributed by atoms with Crippen LogP contribution in [0.4, 0.5) is 5.69 Å². The van der Waals surface area contributed by atoms with Gasteiger partial charge in [0.25, 0.3) is 0 Å². The predicted octanol–water partition coefficient (Wildman–Crippen LogP) is 2.62. The van der Waals surface area contributed by atoms with Gasteiger partial charge in [-0.1, -0.05) is 41.4 Å². The van der Waals surface area contributed by atoms with Crippen molar-refractivity contribution < 1.29 is 17.9 Å². The Kier molecular flexibility index (Phi) is 7.82. The second-order valence-electron chi connectivity index (χ2n) is 7.66. The van der Waals surface area contributed by atoms with E-state index in [0.29, 0.717) is 47.4 Å². The smallest absolute Gasteiger partial charge is 0.229 e. The van der Waals surface area contributed by atoms with E-state index in [1.54, 1.807) is 30.3 Å². The number of halogens is 2. The van der Waals surface area contributed by atoms with Gasteiger partial charge in [0.05, 0.1) is 29.3 Å². The Labute approximate surface area is 192 Å². The number of carbonyl (C=O) groups is 1. The quantitative estimate of drug-likeness (QED) is 0.533. The molecule has 0 bridgehead atoms. The number of anilines is 1. The van der Waals surface area contributed by atoms with Crippen LogP contribution in [0.3, 0.4) is 0 Å². The van der Waals surface area contributed by atoms with Gasteiger partial charge in [0.1, 0.15) is 5.60 Å². The number of morpholine rings is 1. The van der Waals surface area contributed by atoms with Gasteiger partial charge in [-0.05, 0) is 35.4 Å². The number of hydrogen-bond acceptors (Lipinski definition) is 5. The minimum absolute atomic E-state index is 0.121. The van der Waals surface area contributed by atoms with Crippen LogP contribution in [0.25, 0.3) is 0 Å². The molecule has 10 heteroatoms. The zero-order valence-corrected chi connectivity index (χ0v) is 19.4. The first-order valence-electron chi connectivity index (χ1n) is 9.76. The van der Waals surface area contributed by atoms with E-state index in [2.05, 4.69) is 15.4 Å². The molecule has 1 heterocycles. The number of rotatable bonds is 8. The van der Waals surface area contributed by atoms with E-state index in [9.17, 15) is 13.2 Å². The fraction of sp³-hybridized carbons (Fsp3) is 0.381. The van der Waals surface area contributed by atoms with Gasteiger partial charge >= 0.3 is 0 Å². The summed E-state index contributed by atoms with van der Waals surface area (Å²) in [4.78, 5) is 12.6.